The molecule has 2 aromatic heterocycles. The monoisotopic (exact) mass is 511 g/mol. The largest absolute Gasteiger partial charge is 0.307 e. The molecule has 0 atom stereocenters. The minimum Gasteiger partial charge on any atom is -0.307 e. The van der Waals surface area contributed by atoms with Gasteiger partial charge in [-0.05, 0) is 35.1 Å². The maximum Gasteiger partial charge on any atom is 0.247 e. The van der Waals surface area contributed by atoms with Gasteiger partial charge in [0.2, 0.25) is 5.95 Å². The smallest absolute Gasteiger partial charge is 0.247 e. The molecule has 0 unspecified atom stereocenters. The number of benzene rings is 2. The highest BCUT2D eigenvalue weighted by Gasteiger charge is 2.14. The van der Waals surface area contributed by atoms with Crippen LogP contribution in [0.15, 0.2) is 48.5 Å². The summed E-state index contributed by atoms with van der Waals surface area (Å²) in [7, 11) is 0. The molecule has 0 saturated carbocycles. The number of rotatable bonds is 5. The van der Waals surface area contributed by atoms with Crippen LogP contribution in [-0.2, 0) is 6.42 Å². The topological polar surface area (TPSA) is 103 Å². The predicted octanol–water partition coefficient (Wildman–Crippen LogP) is 5.28. The molecule has 30 heavy (non-hydrogen) atoms. The highest BCUT2D eigenvalue weighted by Crippen LogP contribution is 2.28. The van der Waals surface area contributed by atoms with E-state index in [0.717, 1.165) is 23.1 Å². The van der Waals surface area contributed by atoms with Crippen LogP contribution in [-0.4, -0.2) is 30.1 Å². The van der Waals surface area contributed by atoms with Gasteiger partial charge in [-0.1, -0.05) is 60.7 Å². The van der Waals surface area contributed by atoms with Gasteiger partial charge in [0.25, 0.3) is 0 Å². The molecule has 0 bridgehead atoms. The van der Waals surface area contributed by atoms with Crippen molar-refractivity contribution in [3.05, 3.63) is 59.9 Å². The Kier molecular flexibility index (Phi) is 7.30. The van der Waals surface area contributed by atoms with Crippen molar-refractivity contribution in [1.82, 2.24) is 25.1 Å². The quantitative estimate of drug-likeness (QED) is 0.279. The van der Waals surface area contributed by atoms with Crippen molar-refractivity contribution in [3.8, 4) is 17.5 Å². The molecule has 4 aromatic rings. The van der Waals surface area contributed by atoms with Crippen molar-refractivity contribution in [2.45, 2.75) is 20.3 Å². The summed E-state index contributed by atoms with van der Waals surface area (Å²) in [6.07, 6.45) is 0.819. The lowest BCUT2D eigenvalue weighted by molar-refractivity contribution is 0.623. The molecule has 0 radical (unpaired) electrons. The summed E-state index contributed by atoms with van der Waals surface area (Å²) in [5.41, 5.74) is 2.00. The molecule has 8 heteroatoms. The molecule has 152 valence electrons. The number of aromatic nitrogens is 5. The number of hydrogen-bond donors (Lipinski definition) is 2. The molecule has 0 aliphatic carbocycles. The highest BCUT2D eigenvalue weighted by molar-refractivity contribution is 14.1. The molecule has 0 aliphatic heterocycles. The van der Waals surface area contributed by atoms with Crippen LogP contribution in [0.3, 0.4) is 0 Å². The number of H-pyrrole nitrogens is 1. The summed E-state index contributed by atoms with van der Waals surface area (Å²) < 4.78 is 0. The summed E-state index contributed by atoms with van der Waals surface area (Å²) in [6, 6.07) is 17.2. The number of alkyl halides is 1. The third-order valence-electron chi connectivity index (χ3n) is 4.26. The van der Waals surface area contributed by atoms with Crippen LogP contribution in [0, 0.1) is 17.2 Å². The van der Waals surface area contributed by atoms with Gasteiger partial charge >= 0.3 is 0 Å². The molecular weight excluding hydrogens is 489 g/mol. The van der Waals surface area contributed by atoms with Crippen LogP contribution in [0.1, 0.15) is 25.2 Å². The molecule has 2 heterocycles. The van der Waals surface area contributed by atoms with Gasteiger partial charge in [0.05, 0.1) is 17.1 Å². The van der Waals surface area contributed by atoms with E-state index in [1.807, 2.05) is 47.4 Å². The van der Waals surface area contributed by atoms with E-state index in [-0.39, 0.29) is 0 Å². The van der Waals surface area contributed by atoms with E-state index in [1.165, 1.54) is 0 Å². The summed E-state index contributed by atoms with van der Waals surface area (Å²) in [5.74, 6) is 2.85. The second kappa shape index (κ2) is 10.1. The highest BCUT2D eigenvalue weighted by atomic mass is 127. The Morgan fingerprint density at radius 1 is 1.03 bits per heavy atom. The number of nitrogens with one attached hydrogen (secondary N) is 2. The van der Waals surface area contributed by atoms with Crippen molar-refractivity contribution in [2.75, 3.05) is 10.2 Å². The Morgan fingerprint density at radius 2 is 1.77 bits per heavy atom. The predicted molar refractivity (Wildman–Crippen MR) is 128 cm³/mol. The molecule has 0 amide bonds. The Hall–Kier alpha value is -3.06. The third-order valence-corrected chi connectivity index (χ3v) is 4.26. The maximum atomic E-state index is 9.43. The first kappa shape index (κ1) is 21.6. The fourth-order valence-electron chi connectivity index (χ4n) is 3.00. The molecule has 0 aliphatic rings. The lowest BCUT2D eigenvalue weighted by atomic mass is 10.1. The summed E-state index contributed by atoms with van der Waals surface area (Å²) in [5, 5.41) is 20.7. The van der Waals surface area contributed by atoms with E-state index in [4.69, 9.17) is 0 Å². The van der Waals surface area contributed by atoms with Crippen molar-refractivity contribution < 1.29 is 0 Å². The number of para-hydroxylation sites is 1. The van der Waals surface area contributed by atoms with Crippen LogP contribution in [0.4, 0.5) is 11.8 Å². The van der Waals surface area contributed by atoms with Gasteiger partial charge < -0.3 is 5.32 Å². The van der Waals surface area contributed by atoms with Crippen LogP contribution < -0.4 is 5.32 Å². The molecular formula is C22H22IN7. The number of anilines is 2. The molecule has 0 spiro atoms. The van der Waals surface area contributed by atoms with Gasteiger partial charge in [-0.2, -0.15) is 10.2 Å². The molecule has 2 aromatic carbocycles. The van der Waals surface area contributed by atoms with Crippen molar-refractivity contribution in [3.63, 3.8) is 0 Å². The van der Waals surface area contributed by atoms with Crippen molar-refractivity contribution in [1.29, 1.82) is 5.26 Å². The van der Waals surface area contributed by atoms with Crippen LogP contribution in [0.5, 0.6) is 0 Å². The van der Waals surface area contributed by atoms with E-state index in [2.05, 4.69) is 73.0 Å². The number of nitrogens with zero attached hydrogens (tertiary/aromatic N) is 5. The Morgan fingerprint density at radius 3 is 2.53 bits per heavy atom. The Balaban J connectivity index is 0.00000124. The zero-order valence-corrected chi connectivity index (χ0v) is 19.2. The average molecular weight is 511 g/mol. The molecule has 2 N–H and O–H groups in total. The van der Waals surface area contributed by atoms with Gasteiger partial charge in [0.15, 0.2) is 5.82 Å². The minimum atomic E-state index is 0.457. The Labute approximate surface area is 189 Å². The summed E-state index contributed by atoms with van der Waals surface area (Å²) >= 11 is 2.15. The van der Waals surface area contributed by atoms with Crippen LogP contribution in [0.2, 0.25) is 0 Å². The zero-order chi connectivity index (χ0) is 21.5. The number of nitriles is 1. The van der Waals surface area contributed by atoms with Gasteiger partial charge in [0, 0.05) is 17.4 Å². The standard InChI is InChI=1S/C21H19N7.CH3I/c1-13(2)11-18-24-21(28-27-18)26-20-16-9-5-6-10-17(16)23-19(25-20)15-8-4-3-7-14(15)12-22;1-2/h3-10,13H,11H2,1-2H3,(H2,23,24,25,26,27,28);1H3. The van der Waals surface area contributed by atoms with Gasteiger partial charge in [-0.3, -0.25) is 5.10 Å². The van der Waals surface area contributed by atoms with Crippen LogP contribution in [0.25, 0.3) is 22.3 Å². The Bertz CT molecular complexity index is 1180. The minimum absolute atomic E-state index is 0.457. The molecule has 4 rings (SSSR count). The van der Waals surface area contributed by atoms with Crippen molar-refractivity contribution in [2.24, 2.45) is 5.92 Å². The first-order valence-corrected chi connectivity index (χ1v) is 11.6. The summed E-state index contributed by atoms with van der Waals surface area (Å²) in [4.78, 5) is 15.8. The second-order valence-corrected chi connectivity index (χ2v) is 6.90. The summed E-state index contributed by atoms with van der Waals surface area (Å²) in [6.45, 7) is 4.26. The molecule has 7 nitrogen and oxygen atoms in total. The molecule has 0 saturated heterocycles. The van der Waals surface area contributed by atoms with Gasteiger partial charge in [0.1, 0.15) is 11.6 Å². The lowest BCUT2D eigenvalue weighted by Crippen LogP contribution is -2.01. The van der Waals surface area contributed by atoms with E-state index >= 15 is 0 Å². The van der Waals surface area contributed by atoms with Gasteiger partial charge in [-0.25, -0.2) is 9.97 Å². The van der Waals surface area contributed by atoms with Crippen LogP contribution >= 0.6 is 22.6 Å². The van der Waals surface area contributed by atoms with Gasteiger partial charge in [-0.15, -0.1) is 5.10 Å². The SMILES string of the molecule is CC(C)Cc1nc(Nc2nc(-c3ccccc3C#N)nc3ccccc23)n[nH]1.CI. The molecule has 0 fully saturated rings. The fraction of sp³-hybridized carbons (Fsp3) is 0.227. The normalized spacial score (nSPS) is 10.4. The number of fused-ring (bicyclic) bond motifs is 1. The first-order chi connectivity index (χ1) is 14.6. The fourth-order valence-corrected chi connectivity index (χ4v) is 3.00. The first-order valence-electron chi connectivity index (χ1n) is 9.46. The van der Waals surface area contributed by atoms with Crippen molar-refractivity contribution >= 4 is 45.3 Å². The number of hydrogen-bond acceptors (Lipinski definition) is 6. The lowest BCUT2D eigenvalue weighted by Gasteiger charge is -2.09. The maximum absolute atomic E-state index is 9.43. The van der Waals surface area contributed by atoms with E-state index in [0.29, 0.717) is 34.6 Å². The number of aromatic amines is 1. The van der Waals surface area contributed by atoms with E-state index in [1.54, 1.807) is 6.07 Å². The average Bonchev–Trinajstić information content (AvgIpc) is 3.21. The second-order valence-electron chi connectivity index (χ2n) is 6.90. The number of halogens is 1. The third kappa shape index (κ3) is 4.91. The zero-order valence-electron chi connectivity index (χ0n) is 17.0. The van der Waals surface area contributed by atoms with E-state index < -0.39 is 0 Å². The van der Waals surface area contributed by atoms with E-state index in [9.17, 15) is 5.26 Å².